The molecule has 1 aliphatic heterocycles. The van der Waals surface area contributed by atoms with E-state index in [4.69, 9.17) is 9.47 Å². The first kappa shape index (κ1) is 18.5. The molecule has 2 rings (SSSR count). The van der Waals surface area contributed by atoms with E-state index in [0.717, 1.165) is 43.1 Å². The normalized spacial score (nSPS) is 19.1. The molecule has 2 N–H and O–H groups in total. The average molecular weight is 335 g/mol. The van der Waals surface area contributed by atoms with Crippen LogP contribution in [0.4, 0.5) is 0 Å². The zero-order chi connectivity index (χ0) is 17.5. The van der Waals surface area contributed by atoms with Gasteiger partial charge in [0, 0.05) is 44.2 Å². The summed E-state index contributed by atoms with van der Waals surface area (Å²) in [5.74, 6) is 1.72. The van der Waals surface area contributed by atoms with Gasteiger partial charge >= 0.3 is 0 Å². The highest BCUT2D eigenvalue weighted by Gasteiger charge is 2.25. The number of likely N-dealkylation sites (tertiary alicyclic amines) is 1. The molecule has 6 nitrogen and oxygen atoms in total. The number of hydrogen-bond acceptors (Lipinski definition) is 5. The summed E-state index contributed by atoms with van der Waals surface area (Å²) in [5, 5.41) is 6.20. The van der Waals surface area contributed by atoms with Crippen molar-refractivity contribution < 1.29 is 14.3 Å². The molecule has 0 saturated carbocycles. The van der Waals surface area contributed by atoms with Crippen molar-refractivity contribution in [3.8, 4) is 11.5 Å². The van der Waals surface area contributed by atoms with Crippen molar-refractivity contribution in [2.45, 2.75) is 25.9 Å². The number of carbonyl (C=O) groups excluding carboxylic acids is 1. The van der Waals surface area contributed by atoms with E-state index in [2.05, 4.69) is 15.5 Å². The lowest BCUT2D eigenvalue weighted by Crippen LogP contribution is -2.42. The van der Waals surface area contributed by atoms with Crippen LogP contribution in [-0.2, 0) is 11.3 Å². The summed E-state index contributed by atoms with van der Waals surface area (Å²) in [4.78, 5) is 14.5. The highest BCUT2D eigenvalue weighted by molar-refractivity contribution is 5.78. The van der Waals surface area contributed by atoms with Crippen LogP contribution >= 0.6 is 0 Å². The van der Waals surface area contributed by atoms with Gasteiger partial charge in [0.25, 0.3) is 0 Å². The first-order valence-corrected chi connectivity index (χ1v) is 8.45. The lowest BCUT2D eigenvalue weighted by atomic mass is 10.1. The van der Waals surface area contributed by atoms with E-state index in [1.54, 1.807) is 14.2 Å². The fourth-order valence-electron chi connectivity index (χ4n) is 3.05. The van der Waals surface area contributed by atoms with E-state index in [-0.39, 0.29) is 17.9 Å². The maximum absolute atomic E-state index is 12.1. The number of nitrogens with one attached hydrogen (secondary N) is 2. The van der Waals surface area contributed by atoms with Crippen molar-refractivity contribution in [3.63, 3.8) is 0 Å². The second kappa shape index (κ2) is 8.89. The highest BCUT2D eigenvalue weighted by Crippen LogP contribution is 2.24. The second-order valence-electron chi connectivity index (χ2n) is 6.41. The molecule has 1 aliphatic rings. The van der Waals surface area contributed by atoms with Crippen LogP contribution in [-0.4, -0.2) is 57.8 Å². The predicted molar refractivity (Wildman–Crippen MR) is 94.5 cm³/mol. The molecule has 1 aromatic carbocycles. The molecule has 1 heterocycles. The van der Waals surface area contributed by atoms with Crippen LogP contribution < -0.4 is 20.1 Å². The molecule has 2 unspecified atom stereocenters. The molecule has 0 bridgehead atoms. The van der Waals surface area contributed by atoms with Crippen LogP contribution in [0.15, 0.2) is 18.2 Å². The van der Waals surface area contributed by atoms with Crippen LogP contribution in [0.2, 0.25) is 0 Å². The van der Waals surface area contributed by atoms with Crippen LogP contribution in [0, 0.1) is 5.92 Å². The monoisotopic (exact) mass is 335 g/mol. The smallest absolute Gasteiger partial charge is 0.224 e. The van der Waals surface area contributed by atoms with Gasteiger partial charge in [-0.25, -0.2) is 0 Å². The van der Waals surface area contributed by atoms with Crippen molar-refractivity contribution in [1.82, 2.24) is 15.5 Å². The molecule has 2 atom stereocenters. The molecule has 0 spiro atoms. The van der Waals surface area contributed by atoms with Crippen LogP contribution in [0.25, 0.3) is 0 Å². The molecular formula is C18H29N3O3. The van der Waals surface area contributed by atoms with Gasteiger partial charge < -0.3 is 20.1 Å². The molecule has 1 saturated heterocycles. The molecular weight excluding hydrogens is 306 g/mol. The SMILES string of the molecule is CNCC(C)C(=O)NC1CCN(Cc2cc(OC)cc(OC)c2)C1. The van der Waals surface area contributed by atoms with Crippen molar-refractivity contribution >= 4 is 5.91 Å². The van der Waals surface area contributed by atoms with Crippen LogP contribution in [0.3, 0.4) is 0 Å². The lowest BCUT2D eigenvalue weighted by Gasteiger charge is -2.19. The van der Waals surface area contributed by atoms with E-state index >= 15 is 0 Å². The number of hydrogen-bond donors (Lipinski definition) is 2. The number of benzene rings is 1. The van der Waals surface area contributed by atoms with Crippen molar-refractivity contribution in [2.24, 2.45) is 5.92 Å². The number of nitrogens with zero attached hydrogens (tertiary/aromatic N) is 1. The molecule has 0 aromatic heterocycles. The minimum Gasteiger partial charge on any atom is -0.497 e. The van der Waals surface area contributed by atoms with Crippen molar-refractivity contribution in [3.05, 3.63) is 23.8 Å². The Kier molecular flexibility index (Phi) is 6.87. The Morgan fingerprint density at radius 2 is 1.96 bits per heavy atom. The molecule has 1 aromatic rings. The lowest BCUT2D eigenvalue weighted by molar-refractivity contribution is -0.125. The fourth-order valence-corrected chi connectivity index (χ4v) is 3.05. The third-order valence-electron chi connectivity index (χ3n) is 4.39. The number of amides is 1. The summed E-state index contributed by atoms with van der Waals surface area (Å²) in [6.07, 6.45) is 0.985. The summed E-state index contributed by atoms with van der Waals surface area (Å²) < 4.78 is 10.6. The summed E-state index contributed by atoms with van der Waals surface area (Å²) in [5.41, 5.74) is 1.15. The topological polar surface area (TPSA) is 62.8 Å². The average Bonchev–Trinajstić information content (AvgIpc) is 3.01. The fraction of sp³-hybridized carbons (Fsp3) is 0.611. The molecule has 1 amide bonds. The standard InChI is InChI=1S/C18H29N3O3/c1-13(10-19-2)18(22)20-15-5-6-21(12-15)11-14-7-16(23-3)9-17(8-14)24-4/h7-9,13,15,19H,5-6,10-12H2,1-4H3,(H,20,22). The van der Waals surface area contributed by atoms with Gasteiger partial charge in [0.05, 0.1) is 14.2 Å². The molecule has 6 heteroatoms. The Bertz CT molecular complexity index is 528. The number of carbonyl (C=O) groups is 1. The largest absolute Gasteiger partial charge is 0.497 e. The Morgan fingerprint density at radius 1 is 1.29 bits per heavy atom. The van der Waals surface area contributed by atoms with Crippen LogP contribution in [0.1, 0.15) is 18.9 Å². The minimum atomic E-state index is -0.00769. The molecule has 0 aliphatic carbocycles. The Hall–Kier alpha value is -1.79. The Morgan fingerprint density at radius 3 is 2.54 bits per heavy atom. The molecule has 1 fully saturated rings. The first-order valence-electron chi connectivity index (χ1n) is 8.45. The van der Waals surface area contributed by atoms with Gasteiger partial charge in [-0.3, -0.25) is 9.69 Å². The third kappa shape index (κ3) is 5.11. The summed E-state index contributed by atoms with van der Waals surface area (Å²) in [6.45, 7) is 5.32. The van der Waals surface area contributed by atoms with E-state index in [1.807, 2.05) is 32.2 Å². The first-order chi connectivity index (χ1) is 11.5. The van der Waals surface area contributed by atoms with E-state index in [1.165, 1.54) is 0 Å². The maximum Gasteiger partial charge on any atom is 0.224 e. The van der Waals surface area contributed by atoms with Crippen LogP contribution in [0.5, 0.6) is 11.5 Å². The van der Waals surface area contributed by atoms with E-state index < -0.39 is 0 Å². The van der Waals surface area contributed by atoms with Gasteiger partial charge in [-0.1, -0.05) is 6.92 Å². The minimum absolute atomic E-state index is 0.00769. The number of ether oxygens (including phenoxy) is 2. The predicted octanol–water partition coefficient (Wildman–Crippen LogP) is 1.25. The van der Waals surface area contributed by atoms with E-state index in [0.29, 0.717) is 6.54 Å². The molecule has 134 valence electrons. The van der Waals surface area contributed by atoms with Gasteiger partial charge in [-0.05, 0) is 31.2 Å². The Balaban J connectivity index is 1.89. The van der Waals surface area contributed by atoms with Gasteiger partial charge in [-0.15, -0.1) is 0 Å². The second-order valence-corrected chi connectivity index (χ2v) is 6.41. The van der Waals surface area contributed by atoms with Gasteiger partial charge in [0.1, 0.15) is 11.5 Å². The third-order valence-corrected chi connectivity index (χ3v) is 4.39. The van der Waals surface area contributed by atoms with Gasteiger partial charge in [0.2, 0.25) is 5.91 Å². The highest BCUT2D eigenvalue weighted by atomic mass is 16.5. The maximum atomic E-state index is 12.1. The van der Waals surface area contributed by atoms with Crippen molar-refractivity contribution in [2.75, 3.05) is 40.9 Å². The summed E-state index contributed by atoms with van der Waals surface area (Å²) in [6, 6.07) is 6.16. The summed E-state index contributed by atoms with van der Waals surface area (Å²) >= 11 is 0. The van der Waals surface area contributed by atoms with E-state index in [9.17, 15) is 4.79 Å². The zero-order valence-electron chi connectivity index (χ0n) is 15.1. The van der Waals surface area contributed by atoms with Gasteiger partial charge in [0.15, 0.2) is 0 Å². The number of methoxy groups -OCH3 is 2. The molecule has 24 heavy (non-hydrogen) atoms. The van der Waals surface area contributed by atoms with Gasteiger partial charge in [-0.2, -0.15) is 0 Å². The Labute approximate surface area is 144 Å². The van der Waals surface area contributed by atoms with Crippen molar-refractivity contribution in [1.29, 1.82) is 0 Å². The molecule has 0 radical (unpaired) electrons. The quantitative estimate of drug-likeness (QED) is 0.749. The summed E-state index contributed by atoms with van der Waals surface area (Å²) in [7, 11) is 5.18. The zero-order valence-corrected chi connectivity index (χ0v) is 15.1. The number of rotatable bonds is 8.